The molecule has 0 fully saturated rings. The third-order valence-corrected chi connectivity index (χ3v) is 12.2. The Morgan fingerprint density at radius 3 is 1.34 bits per heavy atom. The Hall–Kier alpha value is -1.59. The van der Waals surface area contributed by atoms with Crippen molar-refractivity contribution in [3.8, 4) is 0 Å². The van der Waals surface area contributed by atoms with Crippen LogP contribution in [0.15, 0.2) is 133 Å². The summed E-state index contributed by atoms with van der Waals surface area (Å²) < 4.78 is 0. The minimum absolute atomic E-state index is 0. The molecule has 0 aliphatic heterocycles. The van der Waals surface area contributed by atoms with E-state index in [1.807, 2.05) is 0 Å². The molecule has 0 aliphatic carbocycles. The van der Waals surface area contributed by atoms with Gasteiger partial charge in [-0.05, 0) is 30.9 Å². The van der Waals surface area contributed by atoms with Gasteiger partial charge in [-0.25, -0.2) is 0 Å². The summed E-state index contributed by atoms with van der Waals surface area (Å²) in [7, 11) is -0.396. The number of halogens is 2. The largest absolute Gasteiger partial charge is 4.00 e. The molecular weight excluding hydrogens is 744 g/mol. The molecule has 0 N–H and O–H groups in total. The van der Waals surface area contributed by atoms with E-state index in [1.54, 1.807) is 5.30 Å². The summed E-state index contributed by atoms with van der Waals surface area (Å²) >= 11 is 0. The van der Waals surface area contributed by atoms with Gasteiger partial charge < -0.3 is 24.8 Å². The number of fused-ring (bicyclic) bond motifs is 2. The van der Waals surface area contributed by atoms with Crippen LogP contribution in [-0.4, -0.2) is 12.3 Å². The molecule has 208 valence electrons. The van der Waals surface area contributed by atoms with E-state index >= 15 is 0 Å². The summed E-state index contributed by atoms with van der Waals surface area (Å²) in [5, 5.41) is 11.3. The summed E-state index contributed by atoms with van der Waals surface area (Å²) in [6.07, 6.45) is 5.40. The molecule has 0 heterocycles. The zero-order valence-corrected chi connectivity index (χ0v) is 30.6. The molecule has 0 aliphatic rings. The molecule has 0 radical (unpaired) electrons. The molecule has 0 amide bonds. The van der Waals surface area contributed by atoms with Gasteiger partial charge in [-0.15, -0.1) is 80.7 Å². The fraction of sp³-hybridized carbons (Fsp3) is 0.167. The van der Waals surface area contributed by atoms with Gasteiger partial charge in [0.05, 0.1) is 0 Å². The Morgan fingerprint density at radius 1 is 0.512 bits per heavy atom. The van der Waals surface area contributed by atoms with Crippen LogP contribution in [0.5, 0.6) is 0 Å². The summed E-state index contributed by atoms with van der Waals surface area (Å²) in [5.74, 6) is 0. The van der Waals surface area contributed by atoms with Crippen LogP contribution in [0.25, 0.3) is 21.5 Å². The van der Waals surface area contributed by atoms with Crippen LogP contribution in [0.4, 0.5) is 0 Å². The molecule has 6 aromatic carbocycles. The number of benzene rings is 4. The number of hydrogen-bond donors (Lipinski definition) is 0. The predicted octanol–water partition coefficient (Wildman–Crippen LogP) is 2.81. The van der Waals surface area contributed by atoms with Crippen LogP contribution in [0.1, 0.15) is 26.7 Å². The Kier molecular flexibility index (Phi) is 15.8. The van der Waals surface area contributed by atoms with Gasteiger partial charge in [-0.2, -0.15) is 12.1 Å². The molecule has 0 spiro atoms. The molecule has 0 saturated carbocycles. The smallest absolute Gasteiger partial charge is 1.00 e. The van der Waals surface area contributed by atoms with E-state index in [-0.39, 0.29) is 58.6 Å². The van der Waals surface area contributed by atoms with Crippen molar-refractivity contribution < 1.29 is 50.7 Å². The topological polar surface area (TPSA) is 0 Å². The average Bonchev–Trinajstić information content (AvgIpc) is 3.59. The third kappa shape index (κ3) is 9.20. The van der Waals surface area contributed by atoms with E-state index in [4.69, 9.17) is 0 Å². The van der Waals surface area contributed by atoms with E-state index in [0.717, 1.165) is 0 Å². The molecule has 0 aromatic heterocycles. The predicted molar refractivity (Wildman–Crippen MR) is 175 cm³/mol. The molecule has 41 heavy (non-hydrogen) atoms. The summed E-state index contributed by atoms with van der Waals surface area (Å²) in [5.41, 5.74) is 0. The van der Waals surface area contributed by atoms with Crippen molar-refractivity contribution in [1.82, 2.24) is 0 Å². The van der Waals surface area contributed by atoms with Crippen molar-refractivity contribution in [3.63, 3.8) is 0 Å². The van der Waals surface area contributed by atoms with Gasteiger partial charge in [-0.3, -0.25) is 0 Å². The van der Waals surface area contributed by atoms with Gasteiger partial charge in [0.15, 0.2) is 0 Å². The van der Waals surface area contributed by atoms with Crippen molar-refractivity contribution in [1.29, 1.82) is 0 Å². The third-order valence-electron chi connectivity index (χ3n) is 6.84. The van der Waals surface area contributed by atoms with E-state index in [1.165, 1.54) is 62.6 Å². The quantitative estimate of drug-likeness (QED) is 0.127. The van der Waals surface area contributed by atoms with Crippen molar-refractivity contribution >= 4 is 58.6 Å². The number of hydrogen-bond acceptors (Lipinski definition) is 0. The van der Waals surface area contributed by atoms with Crippen LogP contribution < -0.4 is 46.0 Å². The van der Waals surface area contributed by atoms with Crippen LogP contribution in [0.2, 0.25) is 0 Å². The maximum atomic E-state index is 2.41. The summed E-state index contributed by atoms with van der Waals surface area (Å²) in [6, 6.07) is 48.5. The first-order valence-electron chi connectivity index (χ1n) is 13.7. The standard InChI is InChI=1S/C21H16P.C15H20P.2ClH.Hf/c1-3-11-19(12-4-1)22(20-13-5-2-6-14-20)21-15-17-9-7-8-10-18(17)16-21;1-3-9-16(10-4-2)15-11-13-7-5-6-8-14(13)12-15;;;/h1-16H;5-8,11-12H,3-4,9-10H2,1-2H3;2*1H;/q2*-1;;;+4/p-2. The van der Waals surface area contributed by atoms with Gasteiger partial charge in [0.2, 0.25) is 0 Å². The van der Waals surface area contributed by atoms with Crippen molar-refractivity contribution in [2.75, 3.05) is 12.3 Å². The van der Waals surface area contributed by atoms with E-state index in [9.17, 15) is 0 Å². The molecule has 0 atom stereocenters. The first-order chi connectivity index (χ1) is 18.8. The first kappa shape index (κ1) is 35.6. The van der Waals surface area contributed by atoms with Crippen molar-refractivity contribution in [3.05, 3.63) is 133 Å². The van der Waals surface area contributed by atoms with Gasteiger partial charge in [0, 0.05) is 0 Å². The molecule has 0 nitrogen and oxygen atoms in total. The summed E-state index contributed by atoms with van der Waals surface area (Å²) in [6.45, 7) is 4.60. The van der Waals surface area contributed by atoms with E-state index in [0.29, 0.717) is 0 Å². The monoisotopic (exact) mass is 780 g/mol. The Morgan fingerprint density at radius 2 is 0.902 bits per heavy atom. The summed E-state index contributed by atoms with van der Waals surface area (Å²) in [4.78, 5) is 0. The van der Waals surface area contributed by atoms with Crippen LogP contribution in [0.3, 0.4) is 0 Å². The zero-order valence-electron chi connectivity index (χ0n) is 23.7. The normalized spacial score (nSPS) is 10.4. The second-order valence-electron chi connectivity index (χ2n) is 9.68. The fourth-order valence-electron chi connectivity index (χ4n) is 5.09. The second-order valence-corrected chi connectivity index (χ2v) is 14.4. The Balaban J connectivity index is 0.000000279. The van der Waals surface area contributed by atoms with Gasteiger partial charge in [0.25, 0.3) is 0 Å². The number of rotatable bonds is 8. The second kappa shape index (κ2) is 18.2. The van der Waals surface area contributed by atoms with E-state index in [2.05, 4.69) is 147 Å². The van der Waals surface area contributed by atoms with Gasteiger partial charge >= 0.3 is 25.8 Å². The Labute approximate surface area is 279 Å². The van der Waals surface area contributed by atoms with Crippen LogP contribution in [0, 0.1) is 0 Å². The molecule has 0 saturated heterocycles. The molecule has 6 aromatic rings. The molecule has 0 unspecified atom stereocenters. The Bertz CT molecular complexity index is 1450. The van der Waals surface area contributed by atoms with E-state index < -0.39 is 7.92 Å². The SMILES string of the molecule is CCCP(CCC)c1cc2ccccc2[cH-]1.[Cl-].[Cl-].[Hf+4].c1ccc(P(c2ccccc2)c2cc3ccccc3[cH-]2)cc1. The average molecular weight is 780 g/mol. The molecular formula is C36H36Cl2HfP2. The zero-order chi connectivity index (χ0) is 26.2. The van der Waals surface area contributed by atoms with Gasteiger partial charge in [0.1, 0.15) is 0 Å². The van der Waals surface area contributed by atoms with Crippen molar-refractivity contribution in [2.45, 2.75) is 26.7 Å². The molecule has 6 rings (SSSR count). The molecule has 0 bridgehead atoms. The minimum atomic E-state index is -0.493. The molecule has 5 heteroatoms. The maximum absolute atomic E-state index is 2.41. The van der Waals surface area contributed by atoms with Gasteiger partial charge in [-0.1, -0.05) is 107 Å². The maximum Gasteiger partial charge on any atom is 4.00 e. The fourth-order valence-corrected chi connectivity index (χ4v) is 9.93. The van der Waals surface area contributed by atoms with Crippen LogP contribution >= 0.6 is 15.8 Å². The first-order valence-corrected chi connectivity index (χ1v) is 16.8. The van der Waals surface area contributed by atoms with Crippen LogP contribution in [-0.2, 0) is 25.8 Å². The minimum Gasteiger partial charge on any atom is -1.00 e. The van der Waals surface area contributed by atoms with Crippen molar-refractivity contribution in [2.24, 2.45) is 0 Å².